The monoisotopic (exact) mass is 390 g/mol. The molecule has 10 nitrogen and oxygen atoms in total. The van der Waals surface area contributed by atoms with Crippen molar-refractivity contribution in [2.24, 2.45) is 0 Å². The number of carbonyl (C=O) groups excluding carboxylic acids is 5. The van der Waals surface area contributed by atoms with Gasteiger partial charge in [-0.1, -0.05) is 37.3 Å². The molecular weight excluding hydrogens is 368 g/mol. The van der Waals surface area contributed by atoms with Crippen molar-refractivity contribution in [2.75, 3.05) is 13.2 Å². The lowest BCUT2D eigenvalue weighted by Crippen LogP contribution is -2.44. The summed E-state index contributed by atoms with van der Waals surface area (Å²) in [7, 11) is 0. The molecule has 3 N–H and O–H groups in total. The van der Waals surface area contributed by atoms with Gasteiger partial charge in [-0.25, -0.2) is 9.59 Å². The average molecular weight is 390 g/mol. The fraction of sp³-hybridized carbons (Fsp3) is 0.389. The van der Waals surface area contributed by atoms with E-state index in [2.05, 4.69) is 10.6 Å². The summed E-state index contributed by atoms with van der Waals surface area (Å²) in [5, 5.41) is 7.00. The first-order valence-corrected chi connectivity index (χ1v) is 8.66. The largest absolute Gasteiger partial charge is 0.454 e. The predicted octanol–water partition coefficient (Wildman–Crippen LogP) is 0.276. The van der Waals surface area contributed by atoms with Crippen LogP contribution in [0.4, 0.5) is 9.59 Å². The molecule has 0 aliphatic carbocycles. The van der Waals surface area contributed by atoms with Crippen molar-refractivity contribution >= 4 is 29.8 Å². The van der Waals surface area contributed by atoms with E-state index in [1.807, 2.05) is 35.6 Å². The summed E-state index contributed by atoms with van der Waals surface area (Å²) in [6.07, 6.45) is 0.365. The molecule has 0 spiro atoms. The minimum absolute atomic E-state index is 0.224. The number of amides is 6. The third-order valence-corrected chi connectivity index (χ3v) is 4.25. The van der Waals surface area contributed by atoms with Gasteiger partial charge in [0.15, 0.2) is 6.61 Å². The molecule has 2 rings (SSSR count). The van der Waals surface area contributed by atoms with E-state index in [9.17, 15) is 24.0 Å². The summed E-state index contributed by atoms with van der Waals surface area (Å²) in [5.74, 6) is -2.32. The number of imide groups is 2. The van der Waals surface area contributed by atoms with E-state index in [4.69, 9.17) is 4.74 Å². The molecule has 1 aromatic rings. The van der Waals surface area contributed by atoms with Crippen LogP contribution in [0.15, 0.2) is 30.3 Å². The van der Waals surface area contributed by atoms with E-state index in [1.165, 1.54) is 0 Å². The van der Waals surface area contributed by atoms with Gasteiger partial charge in [0, 0.05) is 6.54 Å². The normalized spacial score (nSPS) is 18.4. The molecule has 1 unspecified atom stereocenters. The topological polar surface area (TPSA) is 134 Å². The summed E-state index contributed by atoms with van der Waals surface area (Å²) in [4.78, 5) is 59.9. The van der Waals surface area contributed by atoms with E-state index in [0.29, 0.717) is 6.42 Å². The van der Waals surface area contributed by atoms with Gasteiger partial charge in [-0.15, -0.1) is 0 Å². The lowest BCUT2D eigenvalue weighted by molar-refractivity contribution is -0.150. The number of hydrogen-bond acceptors (Lipinski definition) is 6. The Bertz CT molecular complexity index is 782. The van der Waals surface area contributed by atoms with Crippen molar-refractivity contribution in [3.05, 3.63) is 35.9 Å². The zero-order valence-corrected chi connectivity index (χ0v) is 15.6. The van der Waals surface area contributed by atoms with Crippen molar-refractivity contribution < 1.29 is 28.7 Å². The smallest absolute Gasteiger partial charge is 0.326 e. The molecule has 1 aliphatic heterocycles. The lowest BCUT2D eigenvalue weighted by Gasteiger charge is -2.18. The fourth-order valence-electron chi connectivity index (χ4n) is 2.44. The third-order valence-electron chi connectivity index (χ3n) is 4.25. The van der Waals surface area contributed by atoms with Crippen molar-refractivity contribution in [1.82, 2.24) is 20.9 Å². The van der Waals surface area contributed by atoms with E-state index in [0.717, 1.165) is 10.5 Å². The Kier molecular flexibility index (Phi) is 6.69. The van der Waals surface area contributed by atoms with E-state index in [1.54, 1.807) is 13.8 Å². The van der Waals surface area contributed by atoms with Crippen LogP contribution in [0.5, 0.6) is 0 Å². The van der Waals surface area contributed by atoms with Gasteiger partial charge in [0.1, 0.15) is 12.1 Å². The molecule has 0 bridgehead atoms. The van der Waals surface area contributed by atoms with Crippen LogP contribution < -0.4 is 16.0 Å². The molecule has 0 radical (unpaired) electrons. The quantitative estimate of drug-likeness (QED) is 0.452. The van der Waals surface area contributed by atoms with Crippen LogP contribution in [0, 0.1) is 0 Å². The Morgan fingerprint density at radius 1 is 1.18 bits per heavy atom. The molecular formula is C18H22N4O6. The molecule has 1 atom stereocenters. The number of benzene rings is 1. The van der Waals surface area contributed by atoms with Gasteiger partial charge in [-0.05, 0) is 18.9 Å². The van der Waals surface area contributed by atoms with E-state index >= 15 is 0 Å². The van der Waals surface area contributed by atoms with Crippen LogP contribution in [0.3, 0.4) is 0 Å². The second-order valence-electron chi connectivity index (χ2n) is 6.38. The number of urea groups is 2. The molecule has 0 aromatic heterocycles. The van der Waals surface area contributed by atoms with Gasteiger partial charge < -0.3 is 15.4 Å². The molecule has 150 valence electrons. The Labute approximate surface area is 161 Å². The maximum atomic E-state index is 12.2. The second-order valence-corrected chi connectivity index (χ2v) is 6.38. The maximum absolute atomic E-state index is 12.2. The van der Waals surface area contributed by atoms with Gasteiger partial charge in [0.05, 0.1) is 0 Å². The minimum Gasteiger partial charge on any atom is -0.454 e. The lowest BCUT2D eigenvalue weighted by atomic mass is 9.99. The van der Waals surface area contributed by atoms with Crippen molar-refractivity contribution in [2.45, 2.75) is 32.4 Å². The van der Waals surface area contributed by atoms with Crippen LogP contribution in [0.1, 0.15) is 25.8 Å². The highest BCUT2D eigenvalue weighted by Crippen LogP contribution is 2.20. The molecule has 1 saturated heterocycles. The molecule has 28 heavy (non-hydrogen) atoms. The predicted molar refractivity (Wildman–Crippen MR) is 96.7 cm³/mol. The summed E-state index contributed by atoms with van der Waals surface area (Å²) >= 11 is 0. The van der Waals surface area contributed by atoms with Crippen molar-refractivity contribution in [3.63, 3.8) is 0 Å². The van der Waals surface area contributed by atoms with Gasteiger partial charge in [0.25, 0.3) is 11.8 Å². The summed E-state index contributed by atoms with van der Waals surface area (Å²) in [5.41, 5.74) is -0.213. The summed E-state index contributed by atoms with van der Waals surface area (Å²) in [6, 6.07) is 7.64. The van der Waals surface area contributed by atoms with Gasteiger partial charge in [-0.3, -0.25) is 24.6 Å². The third kappa shape index (κ3) is 5.29. The average Bonchev–Trinajstić information content (AvgIpc) is 2.89. The Hall–Kier alpha value is -3.43. The Balaban J connectivity index is 1.72. The number of carbonyl (C=O) groups is 5. The molecule has 0 saturated carbocycles. The first-order chi connectivity index (χ1) is 13.2. The van der Waals surface area contributed by atoms with Crippen molar-refractivity contribution in [1.29, 1.82) is 0 Å². The highest BCUT2D eigenvalue weighted by molar-refractivity contribution is 6.08. The Morgan fingerprint density at radius 3 is 2.46 bits per heavy atom. The summed E-state index contributed by atoms with van der Waals surface area (Å²) < 4.78 is 4.72. The molecule has 1 heterocycles. The molecule has 1 fully saturated rings. The van der Waals surface area contributed by atoms with Crippen LogP contribution in [0.25, 0.3) is 0 Å². The molecule has 1 aliphatic rings. The first-order valence-electron chi connectivity index (χ1n) is 8.66. The number of nitrogens with one attached hydrogen (secondary N) is 3. The zero-order valence-electron chi connectivity index (χ0n) is 15.6. The van der Waals surface area contributed by atoms with Gasteiger partial charge in [0.2, 0.25) is 0 Å². The fourth-order valence-corrected chi connectivity index (χ4v) is 2.44. The summed E-state index contributed by atoms with van der Waals surface area (Å²) in [6.45, 7) is 2.18. The second kappa shape index (κ2) is 8.98. The minimum atomic E-state index is -1.06. The van der Waals surface area contributed by atoms with Crippen LogP contribution in [-0.4, -0.2) is 53.4 Å². The number of rotatable bonds is 7. The Morgan fingerprint density at radius 2 is 1.86 bits per heavy atom. The van der Waals surface area contributed by atoms with Gasteiger partial charge in [-0.2, -0.15) is 0 Å². The van der Waals surface area contributed by atoms with E-state index < -0.39 is 48.5 Å². The van der Waals surface area contributed by atoms with Gasteiger partial charge >= 0.3 is 18.0 Å². The SMILES string of the molecule is CCC1(C)NC(=O)N(CC(=O)OCC(=O)NC(=O)NCc2ccccc2)C1=O. The number of nitrogens with zero attached hydrogens (tertiary/aromatic N) is 1. The first kappa shape index (κ1) is 20.9. The molecule has 10 heteroatoms. The molecule has 6 amide bonds. The number of hydrogen-bond donors (Lipinski definition) is 3. The number of esters is 1. The standard InChI is InChI=1S/C18H22N4O6/c1-3-18(2)15(25)22(17(27)21-18)10-14(24)28-11-13(23)20-16(26)19-9-12-7-5-4-6-8-12/h4-8H,3,9-11H2,1-2H3,(H,21,27)(H2,19,20,23,26). The zero-order chi connectivity index (χ0) is 20.7. The van der Waals surface area contributed by atoms with Crippen LogP contribution in [0.2, 0.25) is 0 Å². The highest BCUT2D eigenvalue weighted by atomic mass is 16.5. The van der Waals surface area contributed by atoms with Crippen LogP contribution in [-0.2, 0) is 25.7 Å². The van der Waals surface area contributed by atoms with Crippen LogP contribution >= 0.6 is 0 Å². The maximum Gasteiger partial charge on any atom is 0.326 e. The molecule has 1 aromatic carbocycles. The number of ether oxygens (including phenoxy) is 1. The van der Waals surface area contributed by atoms with E-state index in [-0.39, 0.29) is 6.54 Å². The van der Waals surface area contributed by atoms with Crippen molar-refractivity contribution in [3.8, 4) is 0 Å². The highest BCUT2D eigenvalue weighted by Gasteiger charge is 2.47.